The number of nitrogens with one attached hydrogen (secondary N) is 1. The highest BCUT2D eigenvalue weighted by Gasteiger charge is 2.40. The van der Waals surface area contributed by atoms with Crippen LogP contribution in [0.25, 0.3) is 6.08 Å². The van der Waals surface area contributed by atoms with E-state index in [1.54, 1.807) is 18.2 Å². The SMILES string of the molecule is COc1ccc(Br)cc1/C=C1\C(=O)NC(=O)N(C2CCCC2)C1=O. The molecule has 3 rings (SSSR count). The number of hydrogen-bond acceptors (Lipinski definition) is 4. The Bertz CT molecular complexity index is 738. The number of urea groups is 1. The van der Waals surface area contributed by atoms with Gasteiger partial charge in [-0.1, -0.05) is 28.8 Å². The van der Waals surface area contributed by atoms with Crippen molar-refractivity contribution in [3.63, 3.8) is 0 Å². The first-order valence-corrected chi connectivity index (χ1v) is 8.54. The Kier molecular flexibility index (Phi) is 4.71. The summed E-state index contributed by atoms with van der Waals surface area (Å²) in [5.41, 5.74) is 0.531. The van der Waals surface area contributed by atoms with Gasteiger partial charge in [0, 0.05) is 16.1 Å². The van der Waals surface area contributed by atoms with Gasteiger partial charge in [0.05, 0.1) is 7.11 Å². The molecule has 7 heteroatoms. The van der Waals surface area contributed by atoms with Crippen LogP contribution in [0.3, 0.4) is 0 Å². The minimum atomic E-state index is -0.679. The molecule has 1 aliphatic carbocycles. The number of carbonyl (C=O) groups is 3. The second-order valence-corrected chi connectivity index (χ2v) is 6.73. The molecular weight excluding hydrogens is 376 g/mol. The van der Waals surface area contributed by atoms with Gasteiger partial charge in [0.25, 0.3) is 11.8 Å². The highest BCUT2D eigenvalue weighted by atomic mass is 79.9. The Morgan fingerprint density at radius 1 is 1.25 bits per heavy atom. The lowest BCUT2D eigenvalue weighted by atomic mass is 10.0. The summed E-state index contributed by atoms with van der Waals surface area (Å²) in [5.74, 6) is -0.686. The molecule has 1 aromatic rings. The van der Waals surface area contributed by atoms with E-state index >= 15 is 0 Å². The first-order valence-electron chi connectivity index (χ1n) is 7.75. The van der Waals surface area contributed by atoms with Gasteiger partial charge in [-0.05, 0) is 37.1 Å². The Balaban J connectivity index is 1.99. The summed E-state index contributed by atoms with van der Waals surface area (Å²) in [6.45, 7) is 0. The smallest absolute Gasteiger partial charge is 0.331 e. The van der Waals surface area contributed by atoms with Gasteiger partial charge in [-0.2, -0.15) is 0 Å². The van der Waals surface area contributed by atoms with E-state index < -0.39 is 17.8 Å². The average Bonchev–Trinajstić information content (AvgIpc) is 3.05. The summed E-state index contributed by atoms with van der Waals surface area (Å²) >= 11 is 3.36. The zero-order chi connectivity index (χ0) is 17.3. The van der Waals surface area contributed by atoms with Gasteiger partial charge in [0.2, 0.25) is 0 Å². The molecule has 1 aromatic carbocycles. The monoisotopic (exact) mass is 392 g/mol. The molecule has 0 aromatic heterocycles. The van der Waals surface area contributed by atoms with Crippen LogP contribution in [0.5, 0.6) is 5.75 Å². The van der Waals surface area contributed by atoms with Gasteiger partial charge in [0.1, 0.15) is 11.3 Å². The van der Waals surface area contributed by atoms with Gasteiger partial charge in [0.15, 0.2) is 0 Å². The summed E-state index contributed by atoms with van der Waals surface area (Å²) in [7, 11) is 1.52. The largest absolute Gasteiger partial charge is 0.496 e. The molecule has 1 saturated heterocycles. The van der Waals surface area contributed by atoms with Crippen molar-refractivity contribution >= 4 is 39.9 Å². The lowest BCUT2D eigenvalue weighted by molar-refractivity contribution is -0.131. The second kappa shape index (κ2) is 6.76. The fourth-order valence-electron chi connectivity index (χ4n) is 3.14. The van der Waals surface area contributed by atoms with Crippen molar-refractivity contribution in [3.8, 4) is 5.75 Å². The molecule has 2 aliphatic rings. The molecule has 0 atom stereocenters. The van der Waals surface area contributed by atoms with Crippen molar-refractivity contribution in [2.45, 2.75) is 31.7 Å². The van der Waals surface area contributed by atoms with E-state index in [1.807, 2.05) is 0 Å². The Labute approximate surface area is 148 Å². The zero-order valence-electron chi connectivity index (χ0n) is 13.2. The third-order valence-corrected chi connectivity index (χ3v) is 4.81. The molecule has 2 fully saturated rings. The number of rotatable bonds is 3. The lowest BCUT2D eigenvalue weighted by Gasteiger charge is -2.31. The maximum absolute atomic E-state index is 12.7. The maximum atomic E-state index is 12.7. The van der Waals surface area contributed by atoms with E-state index in [4.69, 9.17) is 4.74 Å². The van der Waals surface area contributed by atoms with Crippen LogP contribution < -0.4 is 10.1 Å². The summed E-state index contributed by atoms with van der Waals surface area (Å²) in [6, 6.07) is 4.52. The normalized spacial score (nSPS) is 20.7. The van der Waals surface area contributed by atoms with Crippen LogP contribution in [0.4, 0.5) is 4.79 Å². The fraction of sp³-hybridized carbons (Fsp3) is 0.353. The Morgan fingerprint density at radius 2 is 1.96 bits per heavy atom. The number of barbiturate groups is 1. The molecule has 4 amide bonds. The highest BCUT2D eigenvalue weighted by Crippen LogP contribution is 2.29. The molecule has 1 saturated carbocycles. The summed E-state index contributed by atoms with van der Waals surface area (Å²) in [4.78, 5) is 38.2. The van der Waals surface area contributed by atoms with Crippen LogP contribution in [0, 0.1) is 0 Å². The van der Waals surface area contributed by atoms with Crippen molar-refractivity contribution in [2.75, 3.05) is 7.11 Å². The maximum Gasteiger partial charge on any atom is 0.331 e. The summed E-state index contributed by atoms with van der Waals surface area (Å²) in [6.07, 6.45) is 4.99. The van der Waals surface area contributed by atoms with E-state index in [0.717, 1.165) is 30.2 Å². The van der Waals surface area contributed by atoms with E-state index in [2.05, 4.69) is 21.2 Å². The number of halogens is 1. The van der Waals surface area contributed by atoms with Crippen molar-refractivity contribution in [1.82, 2.24) is 10.2 Å². The fourth-order valence-corrected chi connectivity index (χ4v) is 3.52. The molecule has 24 heavy (non-hydrogen) atoms. The van der Waals surface area contributed by atoms with E-state index in [9.17, 15) is 14.4 Å². The van der Waals surface area contributed by atoms with Gasteiger partial charge >= 0.3 is 6.03 Å². The molecule has 0 unspecified atom stereocenters. The number of methoxy groups -OCH3 is 1. The zero-order valence-corrected chi connectivity index (χ0v) is 14.8. The minimum absolute atomic E-state index is 0.0575. The molecule has 0 bridgehead atoms. The van der Waals surface area contributed by atoms with Crippen LogP contribution in [-0.2, 0) is 9.59 Å². The number of hydrogen-bond donors (Lipinski definition) is 1. The highest BCUT2D eigenvalue weighted by molar-refractivity contribution is 9.10. The van der Waals surface area contributed by atoms with E-state index in [1.165, 1.54) is 18.1 Å². The van der Waals surface area contributed by atoms with Crippen LogP contribution in [0.2, 0.25) is 0 Å². The number of nitrogens with zero attached hydrogens (tertiary/aromatic N) is 1. The van der Waals surface area contributed by atoms with Crippen LogP contribution in [0.15, 0.2) is 28.2 Å². The van der Waals surface area contributed by atoms with E-state index in [0.29, 0.717) is 11.3 Å². The quantitative estimate of drug-likeness (QED) is 0.633. The standard InChI is InChI=1S/C17H17BrN2O4/c1-24-14-7-6-11(18)8-10(14)9-13-15(21)19-17(23)20(16(13)22)12-4-2-3-5-12/h6-9,12H,2-5H2,1H3,(H,19,21,23)/b13-9+. The topological polar surface area (TPSA) is 75.7 Å². The summed E-state index contributed by atoms with van der Waals surface area (Å²) < 4.78 is 6.07. The van der Waals surface area contributed by atoms with Gasteiger partial charge in [-0.25, -0.2) is 4.79 Å². The third kappa shape index (κ3) is 3.08. The van der Waals surface area contributed by atoms with Crippen molar-refractivity contribution in [2.24, 2.45) is 0 Å². The number of imide groups is 2. The number of ether oxygens (including phenoxy) is 1. The third-order valence-electron chi connectivity index (χ3n) is 4.31. The molecule has 126 valence electrons. The Morgan fingerprint density at radius 3 is 2.62 bits per heavy atom. The molecule has 1 heterocycles. The second-order valence-electron chi connectivity index (χ2n) is 5.82. The number of carbonyl (C=O) groups excluding carboxylic acids is 3. The number of benzene rings is 1. The minimum Gasteiger partial charge on any atom is -0.496 e. The molecule has 0 radical (unpaired) electrons. The van der Waals surface area contributed by atoms with Crippen LogP contribution in [0.1, 0.15) is 31.2 Å². The average molecular weight is 393 g/mol. The van der Waals surface area contributed by atoms with Gasteiger partial charge in [-0.3, -0.25) is 19.8 Å². The van der Waals surface area contributed by atoms with Crippen molar-refractivity contribution < 1.29 is 19.1 Å². The van der Waals surface area contributed by atoms with E-state index in [-0.39, 0.29) is 11.6 Å². The van der Waals surface area contributed by atoms with Crippen LogP contribution in [-0.4, -0.2) is 35.9 Å². The first-order chi connectivity index (χ1) is 11.5. The predicted octanol–water partition coefficient (Wildman–Crippen LogP) is 2.86. The molecule has 0 spiro atoms. The Hall–Kier alpha value is -2.15. The van der Waals surface area contributed by atoms with Crippen molar-refractivity contribution in [1.29, 1.82) is 0 Å². The molecule has 1 aliphatic heterocycles. The van der Waals surface area contributed by atoms with Crippen molar-refractivity contribution in [3.05, 3.63) is 33.8 Å². The molecule has 6 nitrogen and oxygen atoms in total. The lowest BCUT2D eigenvalue weighted by Crippen LogP contribution is -2.57. The number of amides is 4. The molecule has 1 N–H and O–H groups in total. The summed E-state index contributed by atoms with van der Waals surface area (Å²) in [5, 5.41) is 2.27. The van der Waals surface area contributed by atoms with Crippen LogP contribution >= 0.6 is 15.9 Å². The predicted molar refractivity (Wildman–Crippen MR) is 91.3 cm³/mol. The molecular formula is C17H17BrN2O4. The van der Waals surface area contributed by atoms with Gasteiger partial charge < -0.3 is 4.74 Å². The first kappa shape index (κ1) is 16.7. The van der Waals surface area contributed by atoms with Gasteiger partial charge in [-0.15, -0.1) is 0 Å².